The third kappa shape index (κ3) is 6.55. The van der Waals surface area contributed by atoms with Gasteiger partial charge in [-0.2, -0.15) is 13.2 Å². The standard InChI is InChI=1S/C28H25ClF4N4O4/c1-14(19-8-16(12-38)4-6-21(19)30)37-24-20-9-17(5-7-22(20)36-15(2)23(24)29)18-10-34-25(35-11-18)27(3,40)13-41-26(39)28(31,32)33/h4-11,14,38,40H,12-13H2,1-3H3,(H,36,37)/t14-,27?/m1/s1. The molecule has 4 rings (SSSR count). The number of aromatic nitrogens is 3. The first-order chi connectivity index (χ1) is 19.2. The first-order valence-electron chi connectivity index (χ1n) is 12.3. The molecule has 8 nitrogen and oxygen atoms in total. The van der Waals surface area contributed by atoms with Gasteiger partial charge >= 0.3 is 12.1 Å². The minimum Gasteiger partial charge on any atom is -0.455 e. The fourth-order valence-electron chi connectivity index (χ4n) is 4.11. The number of pyridine rings is 1. The number of alkyl halides is 3. The smallest absolute Gasteiger partial charge is 0.455 e. The molecule has 2 heterocycles. The Morgan fingerprint density at radius 3 is 2.44 bits per heavy atom. The molecule has 0 saturated heterocycles. The second-order valence-electron chi connectivity index (χ2n) is 9.64. The molecule has 0 aliphatic rings. The molecule has 41 heavy (non-hydrogen) atoms. The predicted octanol–water partition coefficient (Wildman–Crippen LogP) is 5.77. The Kier molecular flexibility index (Phi) is 8.48. The van der Waals surface area contributed by atoms with E-state index in [-0.39, 0.29) is 12.4 Å². The van der Waals surface area contributed by atoms with E-state index in [9.17, 15) is 32.6 Å². The summed E-state index contributed by atoms with van der Waals surface area (Å²) in [7, 11) is 0. The lowest BCUT2D eigenvalue weighted by Crippen LogP contribution is -2.35. The molecule has 0 fully saturated rings. The number of anilines is 1. The molecule has 3 N–H and O–H groups in total. The molecule has 2 aromatic heterocycles. The molecule has 1 unspecified atom stereocenters. The highest BCUT2D eigenvalue weighted by Crippen LogP contribution is 2.37. The summed E-state index contributed by atoms with van der Waals surface area (Å²) in [6.07, 6.45) is -2.48. The summed E-state index contributed by atoms with van der Waals surface area (Å²) in [6, 6.07) is 9.09. The van der Waals surface area contributed by atoms with Crippen molar-refractivity contribution in [3.8, 4) is 11.1 Å². The van der Waals surface area contributed by atoms with Crippen LogP contribution in [-0.4, -0.2) is 43.9 Å². The summed E-state index contributed by atoms with van der Waals surface area (Å²) in [5.74, 6) is -3.13. The number of rotatable bonds is 8. The summed E-state index contributed by atoms with van der Waals surface area (Å²) in [5.41, 5.74) is 1.59. The van der Waals surface area contributed by atoms with Gasteiger partial charge in [-0.1, -0.05) is 23.7 Å². The molecule has 4 aromatic rings. The van der Waals surface area contributed by atoms with E-state index < -0.39 is 36.2 Å². The lowest BCUT2D eigenvalue weighted by atomic mass is 10.0. The van der Waals surface area contributed by atoms with Gasteiger partial charge in [0, 0.05) is 28.9 Å². The van der Waals surface area contributed by atoms with Crippen LogP contribution in [0.2, 0.25) is 5.02 Å². The topological polar surface area (TPSA) is 117 Å². The van der Waals surface area contributed by atoms with Crippen LogP contribution in [0.25, 0.3) is 22.0 Å². The molecular weight excluding hydrogens is 568 g/mol. The first-order valence-corrected chi connectivity index (χ1v) is 12.6. The van der Waals surface area contributed by atoms with Crippen LogP contribution in [0.4, 0.5) is 23.2 Å². The van der Waals surface area contributed by atoms with Crippen molar-refractivity contribution < 1.29 is 37.3 Å². The Hall–Kier alpha value is -3.87. The van der Waals surface area contributed by atoms with E-state index in [0.29, 0.717) is 49.6 Å². The molecule has 0 bridgehead atoms. The second-order valence-corrected chi connectivity index (χ2v) is 10.0. The fraction of sp³-hybridized carbons (Fsp3) is 0.286. The number of ether oxygens (including phenoxy) is 1. The Balaban J connectivity index is 1.65. The molecule has 0 spiro atoms. The lowest BCUT2D eigenvalue weighted by molar-refractivity contribution is -0.205. The second kappa shape index (κ2) is 11.6. The van der Waals surface area contributed by atoms with Gasteiger partial charge in [-0.05, 0) is 56.2 Å². The van der Waals surface area contributed by atoms with Gasteiger partial charge in [0.1, 0.15) is 12.4 Å². The van der Waals surface area contributed by atoms with Crippen molar-refractivity contribution in [2.24, 2.45) is 0 Å². The van der Waals surface area contributed by atoms with Crippen LogP contribution in [-0.2, 0) is 21.7 Å². The average molecular weight is 593 g/mol. The molecule has 0 aliphatic heterocycles. The number of carbonyl (C=O) groups excluding carboxylic acids is 1. The van der Waals surface area contributed by atoms with Crippen molar-refractivity contribution in [1.29, 1.82) is 0 Å². The Morgan fingerprint density at radius 2 is 1.80 bits per heavy atom. The van der Waals surface area contributed by atoms with E-state index >= 15 is 0 Å². The summed E-state index contributed by atoms with van der Waals surface area (Å²) < 4.78 is 56.1. The number of aryl methyl sites for hydroxylation is 1. The predicted molar refractivity (Wildman–Crippen MR) is 143 cm³/mol. The quantitative estimate of drug-likeness (QED) is 0.174. The van der Waals surface area contributed by atoms with Crippen molar-refractivity contribution >= 4 is 34.2 Å². The third-order valence-electron chi connectivity index (χ3n) is 6.34. The maximum absolute atomic E-state index is 14.6. The van der Waals surface area contributed by atoms with E-state index in [2.05, 4.69) is 25.0 Å². The number of aliphatic hydroxyl groups is 2. The van der Waals surface area contributed by atoms with Gasteiger partial charge in [0.2, 0.25) is 0 Å². The highest BCUT2D eigenvalue weighted by Gasteiger charge is 2.42. The monoisotopic (exact) mass is 592 g/mol. The van der Waals surface area contributed by atoms with Crippen LogP contribution in [0.15, 0.2) is 48.8 Å². The Bertz CT molecular complexity index is 1600. The molecule has 13 heteroatoms. The SMILES string of the molecule is Cc1nc2ccc(-c3cnc(C(C)(O)COC(=O)C(F)(F)F)nc3)cc2c(N[C@H](C)c2cc(CO)ccc2F)c1Cl. The van der Waals surface area contributed by atoms with Gasteiger partial charge < -0.3 is 20.3 Å². The number of benzene rings is 2. The molecule has 0 radical (unpaired) electrons. The van der Waals surface area contributed by atoms with Gasteiger partial charge in [0.05, 0.1) is 34.6 Å². The van der Waals surface area contributed by atoms with Gasteiger partial charge in [0.15, 0.2) is 11.4 Å². The molecule has 0 saturated carbocycles. The Morgan fingerprint density at radius 1 is 1.12 bits per heavy atom. The largest absolute Gasteiger partial charge is 0.490 e. The Labute approximate surface area is 237 Å². The summed E-state index contributed by atoms with van der Waals surface area (Å²) >= 11 is 6.63. The molecule has 216 valence electrons. The van der Waals surface area contributed by atoms with Gasteiger partial charge in [-0.25, -0.2) is 19.2 Å². The normalized spacial score (nSPS) is 14.0. The number of halogens is 5. The van der Waals surface area contributed by atoms with Crippen molar-refractivity contribution in [2.75, 3.05) is 11.9 Å². The minimum absolute atomic E-state index is 0.240. The number of aliphatic hydroxyl groups excluding tert-OH is 1. The molecule has 0 amide bonds. The number of nitrogens with zero attached hydrogens (tertiary/aromatic N) is 3. The van der Waals surface area contributed by atoms with E-state index in [1.165, 1.54) is 24.5 Å². The molecule has 2 atom stereocenters. The molecule has 0 aliphatic carbocycles. The number of carbonyl (C=O) groups is 1. The van der Waals surface area contributed by atoms with Crippen LogP contribution in [0.5, 0.6) is 0 Å². The van der Waals surface area contributed by atoms with Crippen LogP contribution in [0.1, 0.15) is 42.5 Å². The third-order valence-corrected chi connectivity index (χ3v) is 6.81. The van der Waals surface area contributed by atoms with Gasteiger partial charge in [-0.15, -0.1) is 0 Å². The number of hydrogen-bond acceptors (Lipinski definition) is 8. The van der Waals surface area contributed by atoms with Crippen LogP contribution in [0, 0.1) is 12.7 Å². The molecular formula is C28H25ClF4N4O4. The van der Waals surface area contributed by atoms with Crippen LogP contribution in [0.3, 0.4) is 0 Å². The first kappa shape index (κ1) is 30.1. The van der Waals surface area contributed by atoms with Gasteiger partial charge in [0.25, 0.3) is 0 Å². The maximum Gasteiger partial charge on any atom is 0.490 e. The summed E-state index contributed by atoms with van der Waals surface area (Å²) in [6.45, 7) is 3.38. The van der Waals surface area contributed by atoms with Crippen molar-refractivity contribution in [1.82, 2.24) is 15.0 Å². The number of hydrogen-bond donors (Lipinski definition) is 3. The average Bonchev–Trinajstić information content (AvgIpc) is 2.93. The zero-order chi connectivity index (χ0) is 30.1. The van der Waals surface area contributed by atoms with E-state index in [0.717, 1.165) is 6.92 Å². The van der Waals surface area contributed by atoms with E-state index in [1.54, 1.807) is 38.1 Å². The number of esters is 1. The lowest BCUT2D eigenvalue weighted by Gasteiger charge is -2.22. The zero-order valence-electron chi connectivity index (χ0n) is 22.1. The zero-order valence-corrected chi connectivity index (χ0v) is 22.8. The van der Waals surface area contributed by atoms with Crippen molar-refractivity contribution in [3.05, 3.63) is 82.3 Å². The van der Waals surface area contributed by atoms with Crippen molar-refractivity contribution in [3.63, 3.8) is 0 Å². The fourth-order valence-corrected chi connectivity index (χ4v) is 4.31. The van der Waals surface area contributed by atoms with E-state index in [4.69, 9.17) is 11.6 Å². The van der Waals surface area contributed by atoms with Crippen LogP contribution < -0.4 is 5.32 Å². The highest BCUT2D eigenvalue weighted by molar-refractivity contribution is 6.35. The molecule has 2 aromatic carbocycles. The highest BCUT2D eigenvalue weighted by atomic mass is 35.5. The van der Waals surface area contributed by atoms with Crippen molar-refractivity contribution in [2.45, 2.75) is 45.2 Å². The van der Waals surface area contributed by atoms with E-state index in [1.807, 2.05) is 0 Å². The maximum atomic E-state index is 14.6. The summed E-state index contributed by atoms with van der Waals surface area (Å²) in [4.78, 5) is 23.7. The number of fused-ring (bicyclic) bond motifs is 1. The minimum atomic E-state index is -5.20. The van der Waals surface area contributed by atoms with Gasteiger partial charge in [-0.3, -0.25) is 4.98 Å². The van der Waals surface area contributed by atoms with Crippen LogP contribution >= 0.6 is 11.6 Å². The number of nitrogens with one attached hydrogen (secondary N) is 1. The summed E-state index contributed by atoms with van der Waals surface area (Å²) in [5, 5.41) is 24.2.